The van der Waals surface area contributed by atoms with Crippen LogP contribution in [0.3, 0.4) is 0 Å². The third kappa shape index (κ3) is 5.41. The van der Waals surface area contributed by atoms with Crippen molar-refractivity contribution >= 4 is 46.6 Å². The van der Waals surface area contributed by atoms with E-state index in [1.54, 1.807) is 0 Å². The van der Waals surface area contributed by atoms with E-state index in [4.69, 9.17) is 34.8 Å². The summed E-state index contributed by atoms with van der Waals surface area (Å²) in [5.74, 6) is 0.987. The van der Waals surface area contributed by atoms with E-state index in [1.165, 1.54) is 5.56 Å². The van der Waals surface area contributed by atoms with Crippen LogP contribution in [0.2, 0.25) is 15.1 Å². The average molecular weight is 360 g/mol. The summed E-state index contributed by atoms with van der Waals surface area (Å²) < 4.78 is 0. The van der Waals surface area contributed by atoms with E-state index in [1.807, 2.05) is 42.1 Å². The molecule has 0 saturated heterocycles. The van der Waals surface area contributed by atoms with Gasteiger partial charge in [0.05, 0.1) is 0 Å². The zero-order valence-corrected chi connectivity index (χ0v) is 14.9. The van der Waals surface area contributed by atoms with Crippen LogP contribution < -0.4 is 0 Å². The Morgan fingerprint density at radius 3 is 2.24 bits per heavy atom. The summed E-state index contributed by atoms with van der Waals surface area (Å²) in [6.07, 6.45) is 2.07. The van der Waals surface area contributed by atoms with E-state index in [0.29, 0.717) is 10.3 Å². The molecule has 112 valence electrons. The van der Waals surface area contributed by atoms with Gasteiger partial charge in [-0.3, -0.25) is 0 Å². The molecule has 2 aromatic carbocycles. The van der Waals surface area contributed by atoms with Gasteiger partial charge in [-0.1, -0.05) is 59.9 Å². The van der Waals surface area contributed by atoms with E-state index in [0.717, 1.165) is 34.2 Å². The van der Waals surface area contributed by atoms with Crippen LogP contribution in [0.15, 0.2) is 42.5 Å². The zero-order valence-electron chi connectivity index (χ0n) is 11.8. The van der Waals surface area contributed by atoms with Crippen molar-refractivity contribution in [3.8, 4) is 0 Å². The summed E-state index contributed by atoms with van der Waals surface area (Å²) in [5, 5.41) is 2.77. The van der Waals surface area contributed by atoms with Gasteiger partial charge in [0.2, 0.25) is 0 Å². The topological polar surface area (TPSA) is 0 Å². The van der Waals surface area contributed by atoms with Crippen LogP contribution in [0.4, 0.5) is 0 Å². The van der Waals surface area contributed by atoms with E-state index in [2.05, 4.69) is 19.1 Å². The average Bonchev–Trinajstić information content (AvgIpc) is 2.47. The Morgan fingerprint density at radius 2 is 1.62 bits per heavy atom. The molecule has 21 heavy (non-hydrogen) atoms. The van der Waals surface area contributed by atoms with Crippen molar-refractivity contribution in [1.29, 1.82) is 0 Å². The molecule has 0 spiro atoms. The second kappa shape index (κ2) is 8.33. The molecule has 0 aliphatic heterocycles. The van der Waals surface area contributed by atoms with E-state index in [-0.39, 0.29) is 0 Å². The molecule has 0 saturated carbocycles. The summed E-state index contributed by atoms with van der Waals surface area (Å²) in [6, 6.07) is 13.8. The van der Waals surface area contributed by atoms with Gasteiger partial charge < -0.3 is 0 Å². The van der Waals surface area contributed by atoms with E-state index in [9.17, 15) is 0 Å². The Kier molecular flexibility index (Phi) is 6.75. The number of thioether (sulfide) groups is 1. The molecule has 0 fully saturated rings. The molecule has 4 heteroatoms. The first-order chi connectivity index (χ1) is 10.1. The Hall–Kier alpha value is -0.340. The molecule has 0 radical (unpaired) electrons. The standard InChI is InChI=1S/C17H17Cl3S/c1-2-16(9-13-5-8-15(19)10-17(13)20)21-11-12-3-6-14(18)7-4-12/h3-8,10,16H,2,9,11H2,1H3. The summed E-state index contributed by atoms with van der Waals surface area (Å²) >= 11 is 20.1. The van der Waals surface area contributed by atoms with Crippen LogP contribution >= 0.6 is 46.6 Å². The second-order valence-electron chi connectivity index (χ2n) is 4.91. The monoisotopic (exact) mass is 358 g/mol. The Labute approximate surface area is 145 Å². The van der Waals surface area contributed by atoms with Crippen molar-refractivity contribution in [3.63, 3.8) is 0 Å². The molecule has 0 N–H and O–H groups in total. The highest BCUT2D eigenvalue weighted by Crippen LogP contribution is 2.28. The van der Waals surface area contributed by atoms with Gasteiger partial charge >= 0.3 is 0 Å². The highest BCUT2D eigenvalue weighted by atomic mass is 35.5. The molecular weight excluding hydrogens is 343 g/mol. The van der Waals surface area contributed by atoms with Gasteiger partial charge in [0.25, 0.3) is 0 Å². The molecule has 0 bridgehead atoms. The van der Waals surface area contributed by atoms with E-state index < -0.39 is 0 Å². The van der Waals surface area contributed by atoms with Crippen molar-refractivity contribution < 1.29 is 0 Å². The fraction of sp³-hybridized carbons (Fsp3) is 0.294. The lowest BCUT2D eigenvalue weighted by atomic mass is 10.1. The second-order valence-corrected chi connectivity index (χ2v) is 7.48. The first-order valence-corrected chi connectivity index (χ1v) is 9.06. The summed E-state index contributed by atoms with van der Waals surface area (Å²) in [7, 11) is 0. The highest BCUT2D eigenvalue weighted by Gasteiger charge is 2.11. The first-order valence-electron chi connectivity index (χ1n) is 6.88. The molecule has 0 heterocycles. The predicted molar refractivity (Wildman–Crippen MR) is 97.0 cm³/mol. The SMILES string of the molecule is CCC(Cc1ccc(Cl)cc1Cl)SCc1ccc(Cl)cc1. The minimum Gasteiger partial charge on any atom is -0.153 e. The molecule has 2 rings (SSSR count). The molecule has 0 nitrogen and oxygen atoms in total. The molecule has 0 aliphatic carbocycles. The molecule has 0 aliphatic rings. The van der Waals surface area contributed by atoms with Crippen molar-refractivity contribution in [1.82, 2.24) is 0 Å². The lowest BCUT2D eigenvalue weighted by Crippen LogP contribution is -2.06. The number of hydrogen-bond donors (Lipinski definition) is 0. The van der Waals surface area contributed by atoms with Crippen LogP contribution in [-0.4, -0.2) is 5.25 Å². The Bertz CT molecular complexity index is 581. The maximum Gasteiger partial charge on any atom is 0.0453 e. The summed E-state index contributed by atoms with van der Waals surface area (Å²) in [6.45, 7) is 2.21. The van der Waals surface area contributed by atoms with Crippen LogP contribution in [0.25, 0.3) is 0 Å². The largest absolute Gasteiger partial charge is 0.153 e. The van der Waals surface area contributed by atoms with Gasteiger partial charge in [-0.2, -0.15) is 11.8 Å². The Balaban J connectivity index is 1.95. The quantitative estimate of drug-likeness (QED) is 0.540. The third-order valence-corrected chi connectivity index (χ3v) is 5.63. The minimum atomic E-state index is 0.541. The number of rotatable bonds is 6. The van der Waals surface area contributed by atoms with Crippen LogP contribution in [0.5, 0.6) is 0 Å². The maximum absolute atomic E-state index is 6.26. The Morgan fingerprint density at radius 1 is 0.952 bits per heavy atom. The van der Waals surface area contributed by atoms with Gasteiger partial charge in [0, 0.05) is 26.1 Å². The van der Waals surface area contributed by atoms with Gasteiger partial charge in [-0.05, 0) is 48.2 Å². The molecular formula is C17H17Cl3S. The van der Waals surface area contributed by atoms with Crippen molar-refractivity contribution in [2.45, 2.75) is 30.8 Å². The maximum atomic E-state index is 6.26. The fourth-order valence-electron chi connectivity index (χ4n) is 2.05. The van der Waals surface area contributed by atoms with Crippen LogP contribution in [-0.2, 0) is 12.2 Å². The summed E-state index contributed by atoms with van der Waals surface area (Å²) in [4.78, 5) is 0. The minimum absolute atomic E-state index is 0.541. The van der Waals surface area contributed by atoms with Crippen molar-refractivity contribution in [3.05, 3.63) is 68.7 Å². The fourth-order valence-corrected chi connectivity index (χ4v) is 3.81. The number of benzene rings is 2. The third-order valence-electron chi connectivity index (χ3n) is 3.32. The van der Waals surface area contributed by atoms with Gasteiger partial charge in [0.1, 0.15) is 0 Å². The van der Waals surface area contributed by atoms with E-state index >= 15 is 0 Å². The van der Waals surface area contributed by atoms with Gasteiger partial charge in [-0.25, -0.2) is 0 Å². The number of hydrogen-bond acceptors (Lipinski definition) is 1. The zero-order chi connectivity index (χ0) is 15.2. The first kappa shape index (κ1) is 17.0. The summed E-state index contributed by atoms with van der Waals surface area (Å²) in [5.41, 5.74) is 2.46. The number of halogens is 3. The van der Waals surface area contributed by atoms with Crippen LogP contribution in [0, 0.1) is 0 Å². The van der Waals surface area contributed by atoms with Crippen LogP contribution in [0.1, 0.15) is 24.5 Å². The van der Waals surface area contributed by atoms with Crippen molar-refractivity contribution in [2.24, 2.45) is 0 Å². The smallest absolute Gasteiger partial charge is 0.0453 e. The van der Waals surface area contributed by atoms with Gasteiger partial charge in [-0.15, -0.1) is 0 Å². The lowest BCUT2D eigenvalue weighted by molar-refractivity contribution is 0.815. The molecule has 0 aromatic heterocycles. The normalized spacial score (nSPS) is 12.4. The predicted octanol–water partition coefficient (Wildman–Crippen LogP) is 6.90. The van der Waals surface area contributed by atoms with Crippen molar-refractivity contribution in [2.75, 3.05) is 0 Å². The molecule has 1 atom stereocenters. The van der Waals surface area contributed by atoms with Gasteiger partial charge in [0.15, 0.2) is 0 Å². The lowest BCUT2D eigenvalue weighted by Gasteiger charge is -2.16. The molecule has 0 amide bonds. The molecule has 1 unspecified atom stereocenters. The highest BCUT2D eigenvalue weighted by molar-refractivity contribution is 7.99. The molecule has 2 aromatic rings.